The zero-order valence-corrected chi connectivity index (χ0v) is 16.8. The highest BCUT2D eigenvalue weighted by molar-refractivity contribution is 8.00. The summed E-state index contributed by atoms with van der Waals surface area (Å²) in [6.07, 6.45) is 1.49. The molecule has 0 aliphatic rings. The van der Waals surface area contributed by atoms with Gasteiger partial charge in [-0.1, -0.05) is 54.2 Å². The Bertz CT molecular complexity index is 1140. The maximum atomic E-state index is 12.2. The molecular formula is C20H19N5O4S. The molecule has 1 atom stereocenters. The molecule has 0 radical (unpaired) electrons. The minimum Gasteiger partial charge on any atom is -0.488 e. The molecule has 154 valence electrons. The first kappa shape index (κ1) is 21.1. The normalized spacial score (nSPS) is 11.9. The summed E-state index contributed by atoms with van der Waals surface area (Å²) in [7, 11) is 0. The van der Waals surface area contributed by atoms with Crippen LogP contribution in [0.25, 0.3) is 0 Å². The van der Waals surface area contributed by atoms with Crippen LogP contribution in [-0.2, 0) is 11.4 Å². The maximum Gasteiger partial charge on any atom is 0.342 e. The van der Waals surface area contributed by atoms with E-state index in [1.54, 1.807) is 6.92 Å². The number of H-pyrrole nitrogens is 2. The van der Waals surface area contributed by atoms with E-state index in [9.17, 15) is 14.4 Å². The molecule has 1 aromatic heterocycles. The second kappa shape index (κ2) is 10.2. The number of hydrogen-bond acceptors (Lipinski definition) is 7. The fourth-order valence-electron chi connectivity index (χ4n) is 2.35. The summed E-state index contributed by atoms with van der Waals surface area (Å²) in [6, 6.07) is 17.1. The Kier molecular flexibility index (Phi) is 7.17. The Morgan fingerprint density at radius 2 is 1.93 bits per heavy atom. The van der Waals surface area contributed by atoms with Crippen molar-refractivity contribution >= 4 is 23.9 Å². The zero-order chi connectivity index (χ0) is 21.3. The average molecular weight is 425 g/mol. The molecule has 3 aromatic rings. The summed E-state index contributed by atoms with van der Waals surface area (Å²) >= 11 is 0.907. The molecule has 1 amide bonds. The molecule has 0 spiro atoms. The van der Waals surface area contributed by atoms with Crippen LogP contribution in [0.1, 0.15) is 18.1 Å². The van der Waals surface area contributed by atoms with Crippen molar-refractivity contribution in [1.29, 1.82) is 0 Å². The smallest absolute Gasteiger partial charge is 0.342 e. The van der Waals surface area contributed by atoms with Crippen LogP contribution in [0.3, 0.4) is 0 Å². The van der Waals surface area contributed by atoms with Crippen molar-refractivity contribution in [3.05, 3.63) is 86.6 Å². The lowest BCUT2D eigenvalue weighted by Gasteiger charge is -2.09. The van der Waals surface area contributed by atoms with Gasteiger partial charge in [0.2, 0.25) is 0 Å². The number of aromatic amines is 2. The minimum atomic E-state index is -0.709. The van der Waals surface area contributed by atoms with E-state index in [2.05, 4.69) is 25.7 Å². The van der Waals surface area contributed by atoms with Crippen molar-refractivity contribution in [2.75, 3.05) is 0 Å². The van der Waals surface area contributed by atoms with E-state index >= 15 is 0 Å². The highest BCUT2D eigenvalue weighted by Gasteiger charge is 2.17. The molecule has 0 saturated heterocycles. The lowest BCUT2D eigenvalue weighted by molar-refractivity contribution is -0.120. The number of rotatable bonds is 8. The Morgan fingerprint density at radius 1 is 1.20 bits per heavy atom. The summed E-state index contributed by atoms with van der Waals surface area (Å²) in [5.74, 6) is 0.206. The number of carbonyl (C=O) groups is 1. The van der Waals surface area contributed by atoms with Crippen LogP contribution in [-0.4, -0.2) is 32.6 Å². The lowest BCUT2D eigenvalue weighted by Crippen LogP contribution is -2.30. The van der Waals surface area contributed by atoms with Gasteiger partial charge in [0.05, 0.1) is 11.5 Å². The van der Waals surface area contributed by atoms with Gasteiger partial charge in [0.15, 0.2) is 5.03 Å². The number of carbonyl (C=O) groups excluding carboxylic acids is 1. The van der Waals surface area contributed by atoms with E-state index in [1.807, 2.05) is 54.6 Å². The number of ether oxygens (including phenoxy) is 1. The van der Waals surface area contributed by atoms with Crippen molar-refractivity contribution in [2.45, 2.75) is 23.8 Å². The standard InChI is InChI=1S/C20H19N5O4S/c1-13(30-19-18(27)22-20(28)25-24-19)17(26)23-21-11-15-9-5-6-10-16(15)29-12-14-7-3-2-4-8-14/h2-11,13H,12H2,1H3,(H,23,26)(H2,22,25,27,28)/b21-11+. The van der Waals surface area contributed by atoms with Gasteiger partial charge in [0, 0.05) is 5.56 Å². The van der Waals surface area contributed by atoms with E-state index in [0.29, 0.717) is 17.9 Å². The predicted molar refractivity (Wildman–Crippen MR) is 114 cm³/mol. The molecular weight excluding hydrogens is 406 g/mol. The molecule has 0 bridgehead atoms. The Balaban J connectivity index is 1.58. The molecule has 9 nitrogen and oxygen atoms in total. The van der Waals surface area contributed by atoms with Gasteiger partial charge in [-0.3, -0.25) is 14.6 Å². The van der Waals surface area contributed by atoms with E-state index in [1.165, 1.54) is 6.21 Å². The largest absolute Gasteiger partial charge is 0.488 e. The summed E-state index contributed by atoms with van der Waals surface area (Å²) in [5, 5.41) is 9.05. The van der Waals surface area contributed by atoms with Crippen molar-refractivity contribution in [3.8, 4) is 5.75 Å². The summed E-state index contributed by atoms with van der Waals surface area (Å²) in [4.78, 5) is 36.9. The van der Waals surface area contributed by atoms with Crippen LogP contribution in [0.15, 0.2) is 74.3 Å². The molecule has 3 N–H and O–H groups in total. The number of hydrazone groups is 1. The Morgan fingerprint density at radius 3 is 2.70 bits per heavy atom. The first-order chi connectivity index (χ1) is 14.5. The molecule has 1 unspecified atom stereocenters. The fraction of sp³-hybridized carbons (Fsp3) is 0.150. The molecule has 3 rings (SSSR count). The third-order valence-corrected chi connectivity index (χ3v) is 4.94. The number of aromatic nitrogens is 3. The maximum absolute atomic E-state index is 12.2. The van der Waals surface area contributed by atoms with Crippen molar-refractivity contribution in [1.82, 2.24) is 20.6 Å². The van der Waals surface area contributed by atoms with Gasteiger partial charge in [0.1, 0.15) is 12.4 Å². The molecule has 0 fully saturated rings. The highest BCUT2D eigenvalue weighted by atomic mass is 32.2. The van der Waals surface area contributed by atoms with E-state index < -0.39 is 22.4 Å². The predicted octanol–water partition coefficient (Wildman–Crippen LogP) is 1.67. The van der Waals surface area contributed by atoms with Crippen molar-refractivity contribution < 1.29 is 9.53 Å². The van der Waals surface area contributed by atoms with Gasteiger partial charge in [0.25, 0.3) is 11.5 Å². The number of amides is 1. The van der Waals surface area contributed by atoms with Crippen molar-refractivity contribution in [3.63, 3.8) is 0 Å². The molecule has 1 heterocycles. The number of nitrogens with zero attached hydrogens (tertiary/aromatic N) is 2. The van der Waals surface area contributed by atoms with Gasteiger partial charge in [-0.25, -0.2) is 15.3 Å². The highest BCUT2D eigenvalue weighted by Crippen LogP contribution is 2.18. The van der Waals surface area contributed by atoms with E-state index in [0.717, 1.165) is 17.3 Å². The molecule has 0 saturated carbocycles. The average Bonchev–Trinajstić information content (AvgIpc) is 2.75. The van der Waals surface area contributed by atoms with Gasteiger partial charge in [-0.15, -0.1) is 0 Å². The first-order valence-electron chi connectivity index (χ1n) is 8.97. The number of thioether (sulfide) groups is 1. The van der Waals surface area contributed by atoms with Gasteiger partial charge in [-0.05, 0) is 24.6 Å². The molecule has 30 heavy (non-hydrogen) atoms. The first-order valence-corrected chi connectivity index (χ1v) is 9.85. The Labute approximate surface area is 175 Å². The molecule has 10 heteroatoms. The third-order valence-electron chi connectivity index (χ3n) is 3.87. The third kappa shape index (κ3) is 5.92. The van der Waals surface area contributed by atoms with Crippen LogP contribution in [0.4, 0.5) is 0 Å². The molecule has 0 aliphatic heterocycles. The zero-order valence-electron chi connectivity index (χ0n) is 16.0. The van der Waals surface area contributed by atoms with Crippen LogP contribution in [0.5, 0.6) is 5.75 Å². The number of nitrogens with one attached hydrogen (secondary N) is 3. The van der Waals surface area contributed by atoms with Crippen LogP contribution >= 0.6 is 11.8 Å². The minimum absolute atomic E-state index is 0.0131. The number of para-hydroxylation sites is 1. The second-order valence-corrected chi connectivity index (χ2v) is 7.45. The number of benzene rings is 2. The van der Waals surface area contributed by atoms with Gasteiger partial charge >= 0.3 is 5.69 Å². The fourth-order valence-corrected chi connectivity index (χ4v) is 3.10. The van der Waals surface area contributed by atoms with Gasteiger partial charge < -0.3 is 4.74 Å². The number of hydrogen-bond donors (Lipinski definition) is 3. The van der Waals surface area contributed by atoms with E-state index in [4.69, 9.17) is 4.74 Å². The van der Waals surface area contributed by atoms with E-state index in [-0.39, 0.29) is 5.03 Å². The van der Waals surface area contributed by atoms with Crippen molar-refractivity contribution in [2.24, 2.45) is 5.10 Å². The summed E-state index contributed by atoms with van der Waals surface area (Å²) in [5.41, 5.74) is 2.80. The summed E-state index contributed by atoms with van der Waals surface area (Å²) in [6.45, 7) is 2.01. The summed E-state index contributed by atoms with van der Waals surface area (Å²) < 4.78 is 5.85. The van der Waals surface area contributed by atoms with Crippen LogP contribution < -0.4 is 21.4 Å². The molecule has 2 aromatic carbocycles. The molecule has 0 aliphatic carbocycles. The quantitative estimate of drug-likeness (QED) is 0.286. The second-order valence-electron chi connectivity index (χ2n) is 6.12. The monoisotopic (exact) mass is 425 g/mol. The SMILES string of the molecule is CC(Sc1n[nH]c(=O)[nH]c1=O)C(=O)N/N=C/c1ccccc1OCc1ccccc1. The lowest BCUT2D eigenvalue weighted by atomic mass is 10.2. The van der Waals surface area contributed by atoms with Crippen LogP contribution in [0, 0.1) is 0 Å². The topological polar surface area (TPSA) is 129 Å². The van der Waals surface area contributed by atoms with Crippen LogP contribution in [0.2, 0.25) is 0 Å². The van der Waals surface area contributed by atoms with Gasteiger partial charge in [-0.2, -0.15) is 10.2 Å². The Hall–Kier alpha value is -3.66.